The van der Waals surface area contributed by atoms with Crippen molar-refractivity contribution in [3.8, 4) is 16.3 Å². The van der Waals surface area contributed by atoms with Crippen molar-refractivity contribution < 1.29 is 14.3 Å². The number of nitrogen functional groups attached to an aromatic ring is 1. The van der Waals surface area contributed by atoms with Crippen molar-refractivity contribution in [2.24, 2.45) is 0 Å². The van der Waals surface area contributed by atoms with Crippen molar-refractivity contribution in [2.45, 2.75) is 6.61 Å². The average molecular weight is 409 g/mol. The Bertz CT molecular complexity index is 959. The lowest BCUT2D eigenvalue weighted by molar-refractivity contribution is 0.0465. The number of carbonyl (C=O) groups excluding carboxylic acids is 1. The van der Waals surface area contributed by atoms with Crippen LogP contribution in [0.3, 0.4) is 0 Å². The molecular formula is C18H14Cl2N2O3S. The first-order valence-electron chi connectivity index (χ1n) is 7.49. The van der Waals surface area contributed by atoms with Gasteiger partial charge in [0.15, 0.2) is 0 Å². The zero-order valence-electron chi connectivity index (χ0n) is 13.7. The molecule has 0 spiro atoms. The van der Waals surface area contributed by atoms with E-state index in [-0.39, 0.29) is 17.2 Å². The molecule has 0 amide bonds. The molecule has 134 valence electrons. The third-order valence-electron chi connectivity index (χ3n) is 3.55. The molecule has 0 saturated heterocycles. The first-order valence-corrected chi connectivity index (χ1v) is 9.12. The van der Waals surface area contributed by atoms with Crippen LogP contribution in [0.5, 0.6) is 5.75 Å². The first kappa shape index (κ1) is 18.5. The van der Waals surface area contributed by atoms with Crippen LogP contribution in [0.1, 0.15) is 16.1 Å². The number of methoxy groups -OCH3 is 1. The normalized spacial score (nSPS) is 10.6. The predicted molar refractivity (Wildman–Crippen MR) is 104 cm³/mol. The van der Waals surface area contributed by atoms with Crippen LogP contribution < -0.4 is 10.5 Å². The zero-order valence-corrected chi connectivity index (χ0v) is 16.0. The minimum atomic E-state index is -0.573. The summed E-state index contributed by atoms with van der Waals surface area (Å²) < 4.78 is 10.5. The van der Waals surface area contributed by atoms with E-state index in [0.717, 1.165) is 10.6 Å². The summed E-state index contributed by atoms with van der Waals surface area (Å²) in [6.07, 6.45) is 0. The molecule has 0 fully saturated rings. The van der Waals surface area contributed by atoms with Crippen molar-refractivity contribution in [3.63, 3.8) is 0 Å². The Kier molecular flexibility index (Phi) is 5.66. The van der Waals surface area contributed by atoms with E-state index in [9.17, 15) is 4.79 Å². The number of ether oxygens (including phenoxy) is 2. The molecule has 0 unspecified atom stereocenters. The van der Waals surface area contributed by atoms with E-state index in [1.54, 1.807) is 6.07 Å². The van der Waals surface area contributed by atoms with Crippen molar-refractivity contribution in [1.82, 2.24) is 4.98 Å². The Hall–Kier alpha value is -2.28. The summed E-state index contributed by atoms with van der Waals surface area (Å²) in [5, 5.41) is 3.45. The summed E-state index contributed by atoms with van der Waals surface area (Å²) in [6.45, 7) is 0.0188. The van der Waals surface area contributed by atoms with Gasteiger partial charge in [0.2, 0.25) is 0 Å². The maximum Gasteiger partial charge on any atom is 0.342 e. The van der Waals surface area contributed by atoms with Crippen molar-refractivity contribution in [3.05, 3.63) is 63.1 Å². The summed E-state index contributed by atoms with van der Waals surface area (Å²) in [5.41, 5.74) is 7.70. The number of rotatable bonds is 5. The molecule has 0 aliphatic rings. The van der Waals surface area contributed by atoms with E-state index in [2.05, 4.69) is 4.98 Å². The SMILES string of the molecule is COc1cc(N)c(Cl)cc1C(=O)OCc1csc(-c2ccccc2Cl)n1. The molecule has 1 heterocycles. The number of esters is 1. The number of hydrogen-bond acceptors (Lipinski definition) is 6. The summed E-state index contributed by atoms with van der Waals surface area (Å²) in [7, 11) is 1.44. The van der Waals surface area contributed by atoms with Gasteiger partial charge in [0, 0.05) is 17.0 Å². The van der Waals surface area contributed by atoms with Gasteiger partial charge in [-0.05, 0) is 12.1 Å². The highest BCUT2D eigenvalue weighted by Gasteiger charge is 2.17. The number of anilines is 1. The summed E-state index contributed by atoms with van der Waals surface area (Å²) in [4.78, 5) is 16.8. The number of benzene rings is 2. The van der Waals surface area contributed by atoms with Crippen molar-refractivity contribution >= 4 is 46.2 Å². The van der Waals surface area contributed by atoms with Crippen LogP contribution in [-0.2, 0) is 11.3 Å². The van der Waals surface area contributed by atoms with E-state index < -0.39 is 5.97 Å². The van der Waals surface area contributed by atoms with Gasteiger partial charge in [0.1, 0.15) is 22.9 Å². The fourth-order valence-electron chi connectivity index (χ4n) is 2.25. The second kappa shape index (κ2) is 7.95. The smallest absolute Gasteiger partial charge is 0.342 e. The van der Waals surface area contributed by atoms with E-state index in [0.29, 0.717) is 22.2 Å². The predicted octanol–water partition coefficient (Wildman–Crippen LogP) is 5.06. The van der Waals surface area contributed by atoms with Gasteiger partial charge in [0.05, 0.1) is 28.5 Å². The number of thiazole rings is 1. The lowest BCUT2D eigenvalue weighted by Gasteiger charge is -2.10. The highest BCUT2D eigenvalue weighted by Crippen LogP contribution is 2.31. The van der Waals surface area contributed by atoms with Crippen LogP contribution in [0.4, 0.5) is 5.69 Å². The van der Waals surface area contributed by atoms with Gasteiger partial charge in [-0.3, -0.25) is 0 Å². The van der Waals surface area contributed by atoms with Gasteiger partial charge in [-0.25, -0.2) is 9.78 Å². The molecule has 5 nitrogen and oxygen atoms in total. The molecule has 26 heavy (non-hydrogen) atoms. The minimum Gasteiger partial charge on any atom is -0.496 e. The monoisotopic (exact) mass is 408 g/mol. The lowest BCUT2D eigenvalue weighted by Crippen LogP contribution is -2.08. The van der Waals surface area contributed by atoms with E-state index in [1.165, 1.54) is 30.6 Å². The van der Waals surface area contributed by atoms with Crippen molar-refractivity contribution in [2.75, 3.05) is 12.8 Å². The summed E-state index contributed by atoms with van der Waals surface area (Å²) >= 11 is 13.6. The van der Waals surface area contributed by atoms with E-state index in [1.807, 2.05) is 23.6 Å². The molecule has 0 aliphatic carbocycles. The molecule has 0 radical (unpaired) electrons. The second-order valence-electron chi connectivity index (χ2n) is 5.27. The Morgan fingerprint density at radius 1 is 1.23 bits per heavy atom. The highest BCUT2D eigenvalue weighted by atomic mass is 35.5. The molecule has 3 rings (SSSR count). The first-order chi connectivity index (χ1) is 12.5. The molecule has 2 aromatic carbocycles. The average Bonchev–Trinajstić information content (AvgIpc) is 3.10. The number of halogens is 2. The van der Waals surface area contributed by atoms with Crippen LogP contribution in [0, 0.1) is 0 Å². The molecule has 3 aromatic rings. The minimum absolute atomic E-state index is 0.0188. The fraction of sp³-hybridized carbons (Fsp3) is 0.111. The zero-order chi connectivity index (χ0) is 18.7. The summed E-state index contributed by atoms with van der Waals surface area (Å²) in [6, 6.07) is 10.3. The van der Waals surface area contributed by atoms with E-state index >= 15 is 0 Å². The molecule has 8 heteroatoms. The third-order valence-corrected chi connectivity index (χ3v) is 5.13. The number of nitrogens with zero attached hydrogens (tertiary/aromatic N) is 1. The van der Waals surface area contributed by atoms with Gasteiger partial charge in [-0.2, -0.15) is 0 Å². The number of carbonyl (C=O) groups is 1. The largest absolute Gasteiger partial charge is 0.496 e. The maximum absolute atomic E-state index is 12.3. The fourth-order valence-corrected chi connectivity index (χ4v) is 3.53. The second-order valence-corrected chi connectivity index (χ2v) is 6.95. The van der Waals surface area contributed by atoms with Gasteiger partial charge in [-0.15, -0.1) is 11.3 Å². The van der Waals surface area contributed by atoms with E-state index in [4.69, 9.17) is 38.4 Å². The van der Waals surface area contributed by atoms with Crippen LogP contribution in [0.25, 0.3) is 10.6 Å². The van der Waals surface area contributed by atoms with Crippen LogP contribution >= 0.6 is 34.5 Å². The number of hydrogen-bond donors (Lipinski definition) is 1. The standard InChI is InChI=1S/C18H14Cl2N2O3S/c1-24-16-7-15(21)14(20)6-12(16)18(23)25-8-10-9-26-17(22-10)11-4-2-3-5-13(11)19/h2-7,9H,8,21H2,1H3. The molecule has 0 aliphatic heterocycles. The quantitative estimate of drug-likeness (QED) is 0.471. The molecular weight excluding hydrogens is 395 g/mol. The lowest BCUT2D eigenvalue weighted by atomic mass is 10.2. The molecule has 0 saturated carbocycles. The Labute approximate surface area is 164 Å². The summed E-state index contributed by atoms with van der Waals surface area (Å²) in [5.74, 6) is -0.275. The Balaban J connectivity index is 1.73. The van der Waals surface area contributed by atoms with Crippen LogP contribution in [0.2, 0.25) is 10.0 Å². The van der Waals surface area contributed by atoms with Gasteiger partial charge >= 0.3 is 5.97 Å². The molecule has 0 atom stereocenters. The van der Waals surface area contributed by atoms with Crippen molar-refractivity contribution in [1.29, 1.82) is 0 Å². The molecule has 0 bridgehead atoms. The highest BCUT2D eigenvalue weighted by molar-refractivity contribution is 7.13. The van der Waals surface area contributed by atoms with Gasteiger partial charge in [-0.1, -0.05) is 41.4 Å². The Morgan fingerprint density at radius 2 is 2.00 bits per heavy atom. The number of aromatic nitrogens is 1. The topological polar surface area (TPSA) is 74.4 Å². The van der Waals surface area contributed by atoms with Crippen LogP contribution in [0.15, 0.2) is 41.8 Å². The number of nitrogens with two attached hydrogens (primary N) is 1. The molecule has 1 aromatic heterocycles. The molecule has 2 N–H and O–H groups in total. The third kappa shape index (κ3) is 3.93. The van der Waals surface area contributed by atoms with Crippen LogP contribution in [-0.4, -0.2) is 18.1 Å². The van der Waals surface area contributed by atoms with Gasteiger partial charge < -0.3 is 15.2 Å². The Morgan fingerprint density at radius 3 is 2.73 bits per heavy atom. The maximum atomic E-state index is 12.3. The van der Waals surface area contributed by atoms with Gasteiger partial charge in [0.25, 0.3) is 0 Å².